The van der Waals surface area contributed by atoms with E-state index in [9.17, 15) is 27.6 Å². The van der Waals surface area contributed by atoms with Crippen molar-refractivity contribution >= 4 is 18.0 Å². The number of alkyl halides is 3. The first-order valence-corrected chi connectivity index (χ1v) is 11.3. The number of halogens is 3. The van der Waals surface area contributed by atoms with Crippen LogP contribution in [0, 0.1) is 5.92 Å². The summed E-state index contributed by atoms with van der Waals surface area (Å²) < 4.78 is 46.3. The van der Waals surface area contributed by atoms with E-state index in [-0.39, 0.29) is 19.1 Å². The Morgan fingerprint density at radius 3 is 2.11 bits per heavy atom. The fraction of sp³-hybridized carbons (Fsp3) is 0.400. The molecule has 1 saturated carbocycles. The largest absolute Gasteiger partial charge is 0.481 e. The maximum absolute atomic E-state index is 13.7. The van der Waals surface area contributed by atoms with Gasteiger partial charge in [0.05, 0.1) is 6.42 Å². The van der Waals surface area contributed by atoms with E-state index in [1.54, 1.807) is 0 Å². The topological polar surface area (TPSA) is 95.9 Å². The Hall–Kier alpha value is -3.56. The van der Waals surface area contributed by atoms with Crippen LogP contribution in [0.2, 0.25) is 0 Å². The molecule has 1 fully saturated rings. The summed E-state index contributed by atoms with van der Waals surface area (Å²) in [5.41, 5.74) is 3.95. The first-order valence-electron chi connectivity index (χ1n) is 11.3. The number of amides is 2. The number of carbonyl (C=O) groups is 3. The van der Waals surface area contributed by atoms with Crippen LogP contribution >= 0.6 is 0 Å². The molecule has 2 aliphatic rings. The van der Waals surface area contributed by atoms with Gasteiger partial charge in [-0.15, -0.1) is 0 Å². The summed E-state index contributed by atoms with van der Waals surface area (Å²) in [5.74, 6) is -5.18. The van der Waals surface area contributed by atoms with E-state index in [2.05, 4.69) is 5.32 Å². The van der Waals surface area contributed by atoms with Crippen LogP contribution in [0.3, 0.4) is 0 Å². The zero-order valence-electron chi connectivity index (χ0n) is 18.8. The third-order valence-electron chi connectivity index (χ3n) is 6.32. The van der Waals surface area contributed by atoms with Crippen molar-refractivity contribution in [3.8, 4) is 11.1 Å². The number of nitrogens with one attached hydrogen (secondary N) is 1. The highest BCUT2D eigenvalue weighted by atomic mass is 19.4. The number of aliphatic carboxylic acids is 1. The smallest absolute Gasteiger partial charge is 0.407 e. The molecular weight excluding hydrogens is 465 g/mol. The quantitative estimate of drug-likeness (QED) is 0.550. The van der Waals surface area contributed by atoms with Crippen LogP contribution in [0.4, 0.5) is 18.0 Å². The zero-order valence-corrected chi connectivity index (χ0v) is 18.8. The lowest BCUT2D eigenvalue weighted by atomic mass is 9.98. The summed E-state index contributed by atoms with van der Waals surface area (Å²) >= 11 is 0. The molecule has 0 bridgehead atoms. The molecule has 0 spiro atoms. The molecule has 7 nitrogen and oxygen atoms in total. The van der Waals surface area contributed by atoms with Crippen LogP contribution in [0.5, 0.6) is 0 Å². The van der Waals surface area contributed by atoms with Crippen molar-refractivity contribution < 1.29 is 37.4 Å². The Morgan fingerprint density at radius 1 is 1.03 bits per heavy atom. The third-order valence-corrected chi connectivity index (χ3v) is 6.32. The summed E-state index contributed by atoms with van der Waals surface area (Å²) in [6.07, 6.45) is -5.38. The first-order chi connectivity index (χ1) is 16.7. The summed E-state index contributed by atoms with van der Waals surface area (Å²) in [7, 11) is 0. The third kappa shape index (κ3) is 5.58. The second-order valence-electron chi connectivity index (χ2n) is 8.71. The van der Waals surface area contributed by atoms with Crippen LogP contribution in [0.25, 0.3) is 11.1 Å². The van der Waals surface area contributed by atoms with Gasteiger partial charge in [-0.25, -0.2) is 4.79 Å². The van der Waals surface area contributed by atoms with Gasteiger partial charge in [-0.1, -0.05) is 48.5 Å². The Morgan fingerprint density at radius 2 is 1.60 bits per heavy atom. The number of fused-ring (bicyclic) bond motifs is 3. The highest BCUT2D eigenvalue weighted by molar-refractivity contribution is 5.82. The second-order valence-corrected chi connectivity index (χ2v) is 8.71. The molecule has 10 heteroatoms. The van der Waals surface area contributed by atoms with E-state index < -0.39 is 49.1 Å². The zero-order chi connectivity index (χ0) is 25.2. The lowest BCUT2D eigenvalue weighted by Gasteiger charge is -2.28. The first kappa shape index (κ1) is 24.6. The van der Waals surface area contributed by atoms with Crippen molar-refractivity contribution in [3.63, 3.8) is 0 Å². The second kappa shape index (κ2) is 9.97. The number of carboxylic acids is 1. The van der Waals surface area contributed by atoms with Crippen molar-refractivity contribution in [1.29, 1.82) is 0 Å². The van der Waals surface area contributed by atoms with E-state index in [1.807, 2.05) is 48.5 Å². The highest BCUT2D eigenvalue weighted by Crippen LogP contribution is 2.44. The average molecular weight is 490 g/mol. The van der Waals surface area contributed by atoms with Gasteiger partial charge in [0.1, 0.15) is 6.61 Å². The fourth-order valence-electron chi connectivity index (χ4n) is 4.45. The molecule has 0 radical (unpaired) electrons. The molecule has 0 heterocycles. The Balaban J connectivity index is 1.38. The van der Waals surface area contributed by atoms with E-state index >= 15 is 0 Å². The van der Waals surface area contributed by atoms with Crippen molar-refractivity contribution in [2.24, 2.45) is 5.92 Å². The van der Waals surface area contributed by atoms with Crippen molar-refractivity contribution in [2.45, 2.75) is 37.4 Å². The van der Waals surface area contributed by atoms with Crippen LogP contribution < -0.4 is 5.32 Å². The lowest BCUT2D eigenvalue weighted by Crippen LogP contribution is -2.49. The molecule has 2 aromatic carbocycles. The van der Waals surface area contributed by atoms with E-state index in [0.717, 1.165) is 27.2 Å². The average Bonchev–Trinajstić information content (AvgIpc) is 3.59. The van der Waals surface area contributed by atoms with E-state index in [4.69, 9.17) is 9.84 Å². The van der Waals surface area contributed by atoms with Crippen LogP contribution in [0.15, 0.2) is 48.5 Å². The Labute approximate surface area is 199 Å². The predicted octanol–water partition coefficient (Wildman–Crippen LogP) is 4.17. The summed E-state index contributed by atoms with van der Waals surface area (Å²) in [5, 5.41) is 10.9. The van der Waals surface area contributed by atoms with Gasteiger partial charge in [0.2, 0.25) is 5.91 Å². The Kier molecular flexibility index (Phi) is 7.00. The molecule has 2 amide bonds. The molecule has 2 aliphatic carbocycles. The van der Waals surface area contributed by atoms with Gasteiger partial charge >= 0.3 is 18.2 Å². The summed E-state index contributed by atoms with van der Waals surface area (Å²) in [6, 6.07) is 14.9. The summed E-state index contributed by atoms with van der Waals surface area (Å²) in [4.78, 5) is 36.8. The van der Waals surface area contributed by atoms with Gasteiger partial charge in [0.15, 0.2) is 5.92 Å². The molecule has 0 aromatic heterocycles. The number of alkyl carbamates (subject to hydrolysis) is 1. The molecule has 0 aliphatic heterocycles. The minimum absolute atomic E-state index is 0.0721. The molecule has 1 atom stereocenters. The molecule has 1 unspecified atom stereocenters. The maximum atomic E-state index is 13.7. The summed E-state index contributed by atoms with van der Waals surface area (Å²) in [6.45, 7) is -1.37. The SMILES string of the molecule is O=C(O)CCN(C(=O)C(CNC(=O)OCC1c2ccccc2-c2ccccc21)C(F)(F)F)C1CC1. The van der Waals surface area contributed by atoms with Crippen LogP contribution in [-0.4, -0.2) is 59.9 Å². The number of ether oxygens (including phenoxy) is 1. The van der Waals surface area contributed by atoms with Gasteiger partial charge in [-0.05, 0) is 35.1 Å². The number of hydrogen-bond donors (Lipinski definition) is 2. The molecular formula is C25H25F3N2O5. The van der Waals surface area contributed by atoms with Gasteiger partial charge in [-0.2, -0.15) is 13.2 Å². The van der Waals surface area contributed by atoms with Gasteiger partial charge < -0.3 is 20.1 Å². The van der Waals surface area contributed by atoms with E-state index in [1.165, 1.54) is 0 Å². The van der Waals surface area contributed by atoms with Gasteiger partial charge in [0, 0.05) is 25.0 Å². The molecule has 0 saturated heterocycles. The minimum Gasteiger partial charge on any atom is -0.481 e. The molecule has 4 rings (SSSR count). The lowest BCUT2D eigenvalue weighted by molar-refractivity contribution is -0.188. The fourth-order valence-corrected chi connectivity index (χ4v) is 4.45. The number of nitrogens with zero attached hydrogens (tertiary/aromatic N) is 1. The minimum atomic E-state index is -4.91. The van der Waals surface area contributed by atoms with Crippen molar-refractivity contribution in [1.82, 2.24) is 10.2 Å². The number of rotatable bonds is 9. The van der Waals surface area contributed by atoms with Gasteiger partial charge in [-0.3, -0.25) is 9.59 Å². The predicted molar refractivity (Wildman–Crippen MR) is 120 cm³/mol. The highest BCUT2D eigenvalue weighted by Gasteiger charge is 2.49. The van der Waals surface area contributed by atoms with E-state index in [0.29, 0.717) is 12.8 Å². The van der Waals surface area contributed by atoms with Crippen LogP contribution in [0.1, 0.15) is 36.3 Å². The molecule has 35 heavy (non-hydrogen) atoms. The number of benzene rings is 2. The number of carboxylic acid groups (broad SMARTS) is 1. The molecule has 2 aromatic rings. The van der Waals surface area contributed by atoms with Crippen molar-refractivity contribution in [2.75, 3.05) is 19.7 Å². The maximum Gasteiger partial charge on any atom is 0.407 e. The van der Waals surface area contributed by atoms with Crippen LogP contribution in [-0.2, 0) is 14.3 Å². The number of hydrogen-bond acceptors (Lipinski definition) is 4. The standard InChI is InChI=1S/C25H25F3N2O5/c26-25(27,28)21(23(33)30(15-9-10-15)12-11-22(31)32)13-29-24(34)35-14-20-18-7-3-1-5-16(18)17-6-2-4-8-19(17)20/h1-8,15,20-21H,9-14H2,(H,29,34)(H,31,32). The van der Waals surface area contributed by atoms with Crippen molar-refractivity contribution in [3.05, 3.63) is 59.7 Å². The van der Waals surface area contributed by atoms with Gasteiger partial charge in [0.25, 0.3) is 0 Å². The Bertz CT molecular complexity index is 1070. The molecule has 186 valence electrons. The monoisotopic (exact) mass is 490 g/mol. The molecule has 2 N–H and O–H groups in total. The number of carbonyl (C=O) groups excluding carboxylic acids is 2. The normalized spacial score (nSPS) is 15.6.